The molecule has 3 rings (SSSR count). The van der Waals surface area contributed by atoms with Gasteiger partial charge >= 0.3 is 0 Å². The molecule has 38 heavy (non-hydrogen) atoms. The van der Waals surface area contributed by atoms with E-state index in [1.165, 1.54) is 50.8 Å². The van der Waals surface area contributed by atoms with Gasteiger partial charge < -0.3 is 20.1 Å². The van der Waals surface area contributed by atoms with Gasteiger partial charge in [-0.15, -0.1) is 0 Å². The Morgan fingerprint density at radius 1 is 0.632 bits per heavy atom. The van der Waals surface area contributed by atoms with Gasteiger partial charge in [-0.2, -0.15) is 0 Å². The Labute approximate surface area is 226 Å². The van der Waals surface area contributed by atoms with E-state index in [1.807, 2.05) is 24.3 Å². The van der Waals surface area contributed by atoms with Gasteiger partial charge in [-0.3, -0.25) is 14.6 Å². The lowest BCUT2D eigenvalue weighted by Crippen LogP contribution is -2.16. The standard InChI is InChI=1S/C31H39N3O4/c1-3-5-7-9-21-37-27-16-12-25(13-17-27)33-30(35)24-11-20-29(32-23-24)31(36)34-26-14-18-28(19-15-26)38-22-10-8-6-4-2/h11-20,23H,3-10,21-22H2,1-2H3,(H,33,35)(H,34,36). The third-order valence-corrected chi connectivity index (χ3v) is 6.02. The highest BCUT2D eigenvalue weighted by Crippen LogP contribution is 2.19. The lowest BCUT2D eigenvalue weighted by atomic mass is 10.2. The van der Waals surface area contributed by atoms with Crippen LogP contribution in [0.25, 0.3) is 0 Å². The second-order valence-corrected chi connectivity index (χ2v) is 9.21. The van der Waals surface area contributed by atoms with Gasteiger partial charge in [-0.25, -0.2) is 0 Å². The van der Waals surface area contributed by atoms with Gasteiger partial charge in [0.05, 0.1) is 18.8 Å². The second kappa shape index (κ2) is 16.1. The van der Waals surface area contributed by atoms with Crippen LogP contribution in [-0.4, -0.2) is 30.0 Å². The number of amides is 2. The number of carbonyl (C=O) groups excluding carboxylic acids is 2. The molecule has 0 radical (unpaired) electrons. The summed E-state index contributed by atoms with van der Waals surface area (Å²) in [4.78, 5) is 29.4. The van der Waals surface area contributed by atoms with Crippen molar-refractivity contribution in [1.29, 1.82) is 0 Å². The maximum Gasteiger partial charge on any atom is 0.274 e. The number of hydrogen-bond acceptors (Lipinski definition) is 5. The summed E-state index contributed by atoms with van der Waals surface area (Å²) in [5.41, 5.74) is 1.88. The van der Waals surface area contributed by atoms with Crippen LogP contribution in [0.2, 0.25) is 0 Å². The Balaban J connectivity index is 1.44. The zero-order chi connectivity index (χ0) is 27.0. The molecule has 0 unspecified atom stereocenters. The molecule has 1 aromatic heterocycles. The molecule has 3 aromatic rings. The van der Waals surface area contributed by atoms with Gasteiger partial charge in [-0.1, -0.05) is 52.4 Å². The van der Waals surface area contributed by atoms with Crippen LogP contribution in [0.15, 0.2) is 66.9 Å². The van der Waals surface area contributed by atoms with Crippen LogP contribution in [0.1, 0.15) is 86.1 Å². The molecule has 0 fully saturated rings. The molecule has 2 N–H and O–H groups in total. The fraction of sp³-hybridized carbons (Fsp3) is 0.387. The first-order chi connectivity index (χ1) is 18.6. The van der Waals surface area contributed by atoms with E-state index in [4.69, 9.17) is 9.47 Å². The molecule has 0 spiro atoms. The molecule has 1 heterocycles. The monoisotopic (exact) mass is 517 g/mol. The van der Waals surface area contributed by atoms with Crippen molar-refractivity contribution in [1.82, 2.24) is 4.98 Å². The summed E-state index contributed by atoms with van der Waals surface area (Å²) in [5.74, 6) is 0.900. The molecule has 0 atom stereocenters. The van der Waals surface area contributed by atoms with E-state index < -0.39 is 0 Å². The van der Waals surface area contributed by atoms with Crippen LogP contribution in [0.5, 0.6) is 11.5 Å². The molecule has 0 saturated carbocycles. The molecular formula is C31H39N3O4. The van der Waals surface area contributed by atoms with Gasteiger partial charge in [0.1, 0.15) is 17.2 Å². The average molecular weight is 518 g/mol. The molecule has 7 nitrogen and oxygen atoms in total. The largest absolute Gasteiger partial charge is 0.494 e. The lowest BCUT2D eigenvalue weighted by molar-refractivity contribution is 0.101. The molecule has 0 bridgehead atoms. The van der Waals surface area contributed by atoms with Crippen molar-refractivity contribution >= 4 is 23.2 Å². The third-order valence-electron chi connectivity index (χ3n) is 6.02. The normalized spacial score (nSPS) is 10.6. The molecule has 0 aliphatic rings. The highest BCUT2D eigenvalue weighted by Gasteiger charge is 2.11. The smallest absolute Gasteiger partial charge is 0.274 e. The third kappa shape index (κ3) is 9.88. The highest BCUT2D eigenvalue weighted by molar-refractivity contribution is 6.06. The van der Waals surface area contributed by atoms with Crippen molar-refractivity contribution in [3.05, 3.63) is 78.1 Å². The number of nitrogens with one attached hydrogen (secondary N) is 2. The minimum absolute atomic E-state index is 0.221. The molecular weight excluding hydrogens is 478 g/mol. The Bertz CT molecular complexity index is 1020. The summed E-state index contributed by atoms with van der Waals surface area (Å²) in [5, 5.41) is 5.66. The van der Waals surface area contributed by atoms with Crippen molar-refractivity contribution in [2.45, 2.75) is 65.2 Å². The van der Waals surface area contributed by atoms with E-state index in [9.17, 15) is 9.59 Å². The highest BCUT2D eigenvalue weighted by atomic mass is 16.5. The Morgan fingerprint density at radius 2 is 1.13 bits per heavy atom. The van der Waals surface area contributed by atoms with Crippen molar-refractivity contribution in [3.63, 3.8) is 0 Å². The summed E-state index contributed by atoms with van der Waals surface area (Å²) in [7, 11) is 0. The van der Waals surface area contributed by atoms with Gasteiger partial charge in [0.25, 0.3) is 11.8 Å². The summed E-state index contributed by atoms with van der Waals surface area (Å²) in [6.07, 6.45) is 10.6. The molecule has 7 heteroatoms. The predicted octanol–water partition coefficient (Wildman–Crippen LogP) is 7.50. The van der Waals surface area contributed by atoms with Crippen molar-refractivity contribution in [2.75, 3.05) is 23.8 Å². The summed E-state index contributed by atoms with van der Waals surface area (Å²) < 4.78 is 11.5. The van der Waals surface area contributed by atoms with E-state index in [1.54, 1.807) is 30.3 Å². The number of nitrogens with zero attached hydrogens (tertiary/aromatic N) is 1. The molecule has 2 amide bonds. The summed E-state index contributed by atoms with van der Waals surface area (Å²) in [6, 6.07) is 17.7. The number of ether oxygens (including phenoxy) is 2. The van der Waals surface area contributed by atoms with Gasteiger partial charge in [0.2, 0.25) is 0 Å². The van der Waals surface area contributed by atoms with Crippen LogP contribution < -0.4 is 20.1 Å². The number of benzene rings is 2. The minimum atomic E-state index is -0.351. The Morgan fingerprint density at radius 3 is 1.58 bits per heavy atom. The number of rotatable bonds is 16. The first-order valence-electron chi connectivity index (χ1n) is 13.6. The molecule has 0 aliphatic heterocycles. The molecule has 202 valence electrons. The van der Waals surface area contributed by atoms with Crippen LogP contribution >= 0.6 is 0 Å². The quantitative estimate of drug-likeness (QED) is 0.192. The van der Waals surface area contributed by atoms with Crippen LogP contribution in [-0.2, 0) is 0 Å². The van der Waals surface area contributed by atoms with Crippen molar-refractivity contribution in [2.24, 2.45) is 0 Å². The zero-order valence-corrected chi connectivity index (χ0v) is 22.5. The Kier molecular flexibility index (Phi) is 12.1. The van der Waals surface area contributed by atoms with Crippen molar-refractivity contribution < 1.29 is 19.1 Å². The van der Waals surface area contributed by atoms with Crippen LogP contribution in [0.4, 0.5) is 11.4 Å². The SMILES string of the molecule is CCCCCCOc1ccc(NC(=O)c2ccc(C(=O)Nc3ccc(OCCCCCC)cc3)nc2)cc1. The first-order valence-corrected chi connectivity index (χ1v) is 13.6. The van der Waals surface area contributed by atoms with Crippen molar-refractivity contribution in [3.8, 4) is 11.5 Å². The summed E-state index contributed by atoms with van der Waals surface area (Å²) >= 11 is 0. The molecule has 0 aliphatic carbocycles. The number of anilines is 2. The number of unbranched alkanes of at least 4 members (excludes halogenated alkanes) is 6. The van der Waals surface area contributed by atoms with Gasteiger partial charge in [0.15, 0.2) is 0 Å². The van der Waals surface area contributed by atoms with E-state index >= 15 is 0 Å². The molecule has 0 saturated heterocycles. The topological polar surface area (TPSA) is 89.5 Å². The van der Waals surface area contributed by atoms with Crippen LogP contribution in [0, 0.1) is 0 Å². The minimum Gasteiger partial charge on any atom is -0.494 e. The summed E-state index contributed by atoms with van der Waals surface area (Å²) in [6.45, 7) is 5.75. The average Bonchev–Trinajstić information content (AvgIpc) is 2.94. The first kappa shape index (κ1) is 28.7. The zero-order valence-electron chi connectivity index (χ0n) is 22.5. The van der Waals surface area contributed by atoms with E-state index in [2.05, 4.69) is 29.5 Å². The maximum atomic E-state index is 12.6. The number of hydrogen-bond donors (Lipinski definition) is 2. The van der Waals surface area contributed by atoms with E-state index in [-0.39, 0.29) is 17.5 Å². The van der Waals surface area contributed by atoms with E-state index in [0.717, 1.165) is 24.3 Å². The van der Waals surface area contributed by atoms with E-state index in [0.29, 0.717) is 30.2 Å². The lowest BCUT2D eigenvalue weighted by Gasteiger charge is -2.09. The fourth-order valence-electron chi connectivity index (χ4n) is 3.77. The Hall–Kier alpha value is -3.87. The van der Waals surface area contributed by atoms with Gasteiger partial charge in [0, 0.05) is 17.6 Å². The predicted molar refractivity (Wildman–Crippen MR) is 152 cm³/mol. The number of carbonyl (C=O) groups is 2. The molecule has 2 aromatic carbocycles. The maximum absolute atomic E-state index is 12.6. The van der Waals surface area contributed by atoms with Gasteiger partial charge in [-0.05, 0) is 73.5 Å². The van der Waals surface area contributed by atoms with Crippen LogP contribution in [0.3, 0.4) is 0 Å². The second-order valence-electron chi connectivity index (χ2n) is 9.21. The number of pyridine rings is 1. The fourth-order valence-corrected chi connectivity index (χ4v) is 3.77. The number of aromatic nitrogens is 1.